The first-order valence-electron chi connectivity index (χ1n) is 14.0. The highest BCUT2D eigenvalue weighted by molar-refractivity contribution is 5.89. The first kappa shape index (κ1) is 29.2. The van der Waals surface area contributed by atoms with E-state index in [-0.39, 0.29) is 11.9 Å². The predicted molar refractivity (Wildman–Crippen MR) is 156 cm³/mol. The van der Waals surface area contributed by atoms with Crippen LogP contribution in [-0.2, 0) is 11.2 Å². The lowest BCUT2D eigenvalue weighted by atomic mass is 10.1. The molecule has 1 fully saturated rings. The van der Waals surface area contributed by atoms with Gasteiger partial charge in [-0.05, 0) is 36.6 Å². The van der Waals surface area contributed by atoms with Crippen LogP contribution in [0.3, 0.4) is 0 Å². The molecule has 0 aliphatic carbocycles. The zero-order valence-corrected chi connectivity index (χ0v) is 23.3. The van der Waals surface area contributed by atoms with E-state index >= 15 is 0 Å². The van der Waals surface area contributed by atoms with Gasteiger partial charge >= 0.3 is 6.03 Å². The number of aryl methyl sites for hydroxylation is 1. The van der Waals surface area contributed by atoms with Crippen molar-refractivity contribution >= 4 is 23.7 Å². The lowest BCUT2D eigenvalue weighted by Gasteiger charge is -2.35. The van der Waals surface area contributed by atoms with E-state index in [1.54, 1.807) is 7.11 Å². The fourth-order valence-corrected chi connectivity index (χ4v) is 4.58. The average molecular weight is 521 g/mol. The number of rotatable bonds is 13. The van der Waals surface area contributed by atoms with E-state index < -0.39 is 0 Å². The van der Waals surface area contributed by atoms with Crippen molar-refractivity contribution in [3.63, 3.8) is 0 Å². The molecule has 3 amide bonds. The third-order valence-electron chi connectivity index (χ3n) is 7.07. The third kappa shape index (κ3) is 9.21. The molecule has 7 nitrogen and oxygen atoms in total. The maximum Gasteiger partial charge on any atom is 0.321 e. The maximum atomic E-state index is 13.0. The number of amides is 3. The molecule has 1 heterocycles. The number of hydrogen-bond donors (Lipinski definition) is 1. The van der Waals surface area contributed by atoms with Gasteiger partial charge in [0.1, 0.15) is 5.75 Å². The van der Waals surface area contributed by atoms with Crippen LogP contribution in [-0.4, -0.2) is 79.6 Å². The molecule has 0 spiro atoms. The van der Waals surface area contributed by atoms with Crippen LogP contribution in [0.2, 0.25) is 0 Å². The SMILES string of the molecule is CCCCCC(=O)N(CC=Cc1ccccc1OC)CCN1CCN(C(=O)Nc2ccc(CC)cc2)CC1. The molecule has 1 aliphatic heterocycles. The van der Waals surface area contributed by atoms with Crippen LogP contribution in [0.4, 0.5) is 10.5 Å². The van der Waals surface area contributed by atoms with Gasteiger partial charge in [-0.3, -0.25) is 9.69 Å². The average Bonchev–Trinajstić information content (AvgIpc) is 2.95. The standard InChI is InChI=1S/C31H44N4O3/c1-4-6-7-14-30(36)34(19-10-12-27-11-8-9-13-29(27)38-3)23-20-33-21-24-35(25-22-33)31(37)32-28-17-15-26(5-2)16-18-28/h8-13,15-18H,4-7,14,19-25H2,1-3H3,(H,32,37). The Morgan fingerprint density at radius 3 is 2.42 bits per heavy atom. The summed E-state index contributed by atoms with van der Waals surface area (Å²) in [6, 6.07) is 15.9. The number of nitrogens with zero attached hydrogens (tertiary/aromatic N) is 3. The largest absolute Gasteiger partial charge is 0.496 e. The molecule has 2 aromatic carbocycles. The number of nitrogens with one attached hydrogen (secondary N) is 1. The molecule has 0 bridgehead atoms. The summed E-state index contributed by atoms with van der Waals surface area (Å²) in [4.78, 5) is 31.9. The Balaban J connectivity index is 1.49. The lowest BCUT2D eigenvalue weighted by molar-refractivity contribution is -0.131. The van der Waals surface area contributed by atoms with E-state index in [1.807, 2.05) is 70.5 Å². The number of carbonyl (C=O) groups excluding carboxylic acids is 2. The highest BCUT2D eigenvalue weighted by atomic mass is 16.5. The van der Waals surface area contributed by atoms with Crippen molar-refractivity contribution in [1.29, 1.82) is 0 Å². The van der Waals surface area contributed by atoms with Gasteiger partial charge in [-0.2, -0.15) is 0 Å². The maximum absolute atomic E-state index is 13.0. The van der Waals surface area contributed by atoms with E-state index in [0.29, 0.717) is 32.6 Å². The third-order valence-corrected chi connectivity index (χ3v) is 7.07. The van der Waals surface area contributed by atoms with E-state index in [2.05, 4.69) is 24.1 Å². The topological polar surface area (TPSA) is 65.1 Å². The fourth-order valence-electron chi connectivity index (χ4n) is 4.58. The first-order chi connectivity index (χ1) is 18.5. The zero-order chi connectivity index (χ0) is 27.2. The zero-order valence-electron chi connectivity index (χ0n) is 23.3. The van der Waals surface area contributed by atoms with E-state index in [1.165, 1.54) is 5.56 Å². The number of ether oxygens (including phenoxy) is 1. The number of unbranched alkanes of at least 4 members (excludes halogenated alkanes) is 2. The Morgan fingerprint density at radius 1 is 1.00 bits per heavy atom. The molecule has 1 N–H and O–H groups in total. The van der Waals surface area contributed by atoms with Crippen molar-refractivity contribution in [2.75, 3.05) is 58.2 Å². The normalized spacial score (nSPS) is 14.0. The second-order valence-electron chi connectivity index (χ2n) is 9.75. The minimum absolute atomic E-state index is 0.0527. The predicted octanol–water partition coefficient (Wildman–Crippen LogP) is 5.53. The van der Waals surface area contributed by atoms with Gasteiger partial charge in [-0.1, -0.05) is 69.2 Å². The number of benzene rings is 2. The Labute approximate surface area is 228 Å². The Bertz CT molecular complexity index is 1030. The molecule has 0 saturated carbocycles. The van der Waals surface area contributed by atoms with E-state index in [0.717, 1.165) is 62.3 Å². The molecule has 38 heavy (non-hydrogen) atoms. The van der Waals surface area contributed by atoms with Crippen LogP contribution < -0.4 is 10.1 Å². The Morgan fingerprint density at radius 2 is 1.74 bits per heavy atom. The number of urea groups is 1. The number of para-hydroxylation sites is 1. The highest BCUT2D eigenvalue weighted by Gasteiger charge is 2.22. The smallest absolute Gasteiger partial charge is 0.321 e. The molecule has 0 unspecified atom stereocenters. The van der Waals surface area contributed by atoms with Crippen LogP contribution in [0.1, 0.15) is 50.7 Å². The van der Waals surface area contributed by atoms with Gasteiger partial charge in [0.2, 0.25) is 5.91 Å². The Kier molecular flexibility index (Phi) is 12.2. The van der Waals surface area contributed by atoms with E-state index in [9.17, 15) is 9.59 Å². The number of anilines is 1. The summed E-state index contributed by atoms with van der Waals surface area (Å²) in [5.74, 6) is 1.03. The van der Waals surface area contributed by atoms with Crippen molar-refractivity contribution in [3.05, 3.63) is 65.7 Å². The van der Waals surface area contributed by atoms with E-state index in [4.69, 9.17) is 4.74 Å². The molecule has 1 aliphatic rings. The molecule has 206 valence electrons. The van der Waals surface area contributed by atoms with Gasteiger partial charge in [0, 0.05) is 63.5 Å². The number of hydrogen-bond acceptors (Lipinski definition) is 4. The summed E-state index contributed by atoms with van der Waals surface area (Å²) >= 11 is 0. The quantitative estimate of drug-likeness (QED) is 0.353. The molecule has 3 rings (SSSR count). The second-order valence-corrected chi connectivity index (χ2v) is 9.75. The minimum atomic E-state index is -0.0527. The molecule has 0 radical (unpaired) electrons. The monoisotopic (exact) mass is 520 g/mol. The van der Waals surface area contributed by atoms with Crippen LogP contribution in [0, 0.1) is 0 Å². The number of methoxy groups -OCH3 is 1. The highest BCUT2D eigenvalue weighted by Crippen LogP contribution is 2.19. The van der Waals surface area contributed by atoms with Crippen molar-refractivity contribution in [2.45, 2.75) is 46.0 Å². The summed E-state index contributed by atoms with van der Waals surface area (Å²) in [5.41, 5.74) is 3.09. The van der Waals surface area contributed by atoms with Gasteiger partial charge in [0.05, 0.1) is 7.11 Å². The number of carbonyl (C=O) groups is 2. The van der Waals surface area contributed by atoms with Crippen LogP contribution >= 0.6 is 0 Å². The fraction of sp³-hybridized carbons (Fsp3) is 0.484. The van der Waals surface area contributed by atoms with Gasteiger partial charge in [0.15, 0.2) is 0 Å². The van der Waals surface area contributed by atoms with Crippen LogP contribution in [0.15, 0.2) is 54.6 Å². The van der Waals surface area contributed by atoms with Crippen molar-refractivity contribution in [2.24, 2.45) is 0 Å². The van der Waals surface area contributed by atoms with Gasteiger partial charge in [-0.15, -0.1) is 0 Å². The Hall–Kier alpha value is -3.32. The molecular weight excluding hydrogens is 476 g/mol. The summed E-state index contributed by atoms with van der Waals surface area (Å²) in [5, 5.41) is 3.01. The van der Waals surface area contributed by atoms with Crippen LogP contribution in [0.5, 0.6) is 5.75 Å². The molecular formula is C31H44N4O3. The van der Waals surface area contributed by atoms with Crippen LogP contribution in [0.25, 0.3) is 6.08 Å². The first-order valence-corrected chi connectivity index (χ1v) is 14.0. The van der Waals surface area contributed by atoms with Crippen molar-refractivity contribution in [1.82, 2.24) is 14.7 Å². The van der Waals surface area contributed by atoms with Gasteiger partial charge in [0.25, 0.3) is 0 Å². The van der Waals surface area contributed by atoms with Crippen molar-refractivity contribution < 1.29 is 14.3 Å². The summed E-state index contributed by atoms with van der Waals surface area (Å²) in [7, 11) is 1.67. The second kappa shape index (κ2) is 15.8. The molecule has 0 aromatic heterocycles. The molecule has 2 aromatic rings. The van der Waals surface area contributed by atoms with Gasteiger partial charge < -0.3 is 19.9 Å². The van der Waals surface area contributed by atoms with Crippen molar-refractivity contribution in [3.8, 4) is 5.75 Å². The molecule has 1 saturated heterocycles. The summed E-state index contributed by atoms with van der Waals surface area (Å²) in [6.45, 7) is 9.28. The van der Waals surface area contributed by atoms with Gasteiger partial charge in [-0.25, -0.2) is 4.79 Å². The summed E-state index contributed by atoms with van der Waals surface area (Å²) in [6.07, 6.45) is 8.74. The summed E-state index contributed by atoms with van der Waals surface area (Å²) < 4.78 is 5.44. The molecule has 0 atom stereocenters. The molecule has 7 heteroatoms. The lowest BCUT2D eigenvalue weighted by Crippen LogP contribution is -2.51. The number of piperazine rings is 1. The minimum Gasteiger partial charge on any atom is -0.496 e.